The molecule has 2 aliphatic rings. The van der Waals surface area contributed by atoms with Crippen molar-refractivity contribution in [3.63, 3.8) is 0 Å². The summed E-state index contributed by atoms with van der Waals surface area (Å²) in [5, 5.41) is 0. The summed E-state index contributed by atoms with van der Waals surface area (Å²) in [5.74, 6) is 1.05. The van der Waals surface area contributed by atoms with E-state index in [2.05, 4.69) is 9.80 Å². The number of unbranched alkanes of at least 4 members (excludes halogenated alkanes) is 2. The molecule has 1 saturated heterocycles. The van der Waals surface area contributed by atoms with Gasteiger partial charge in [0.05, 0.1) is 0 Å². The summed E-state index contributed by atoms with van der Waals surface area (Å²) in [7, 11) is 0. The Balaban J connectivity index is 1.50. The van der Waals surface area contributed by atoms with Gasteiger partial charge in [-0.15, -0.1) is 0 Å². The van der Waals surface area contributed by atoms with E-state index in [1.807, 2.05) is 0 Å². The normalized spacial score (nSPS) is 23.8. The molecule has 0 amide bonds. The molecule has 0 radical (unpaired) electrons. The van der Waals surface area contributed by atoms with E-state index in [9.17, 15) is 0 Å². The van der Waals surface area contributed by atoms with Crippen molar-refractivity contribution < 1.29 is 0 Å². The monoisotopic (exact) mass is 225 g/mol. The lowest BCUT2D eigenvalue weighted by Crippen LogP contribution is -2.47. The van der Waals surface area contributed by atoms with Crippen LogP contribution in [-0.4, -0.2) is 55.6 Å². The maximum Gasteiger partial charge on any atom is 0.0110 e. The highest BCUT2D eigenvalue weighted by Gasteiger charge is 2.26. The minimum Gasteiger partial charge on any atom is -0.330 e. The average Bonchev–Trinajstić information content (AvgIpc) is 3.11. The maximum atomic E-state index is 5.50. The van der Waals surface area contributed by atoms with Crippen molar-refractivity contribution in [3.8, 4) is 0 Å². The molecule has 0 atom stereocenters. The molecule has 1 aliphatic heterocycles. The molecule has 0 unspecified atom stereocenters. The van der Waals surface area contributed by atoms with Crippen LogP contribution >= 0.6 is 0 Å². The number of nitrogens with two attached hydrogens (primary N) is 1. The molecule has 0 spiro atoms. The fraction of sp³-hybridized carbons (Fsp3) is 1.00. The highest BCUT2D eigenvalue weighted by molar-refractivity contribution is 4.80. The van der Waals surface area contributed by atoms with Crippen molar-refractivity contribution in [2.45, 2.75) is 32.1 Å². The molecule has 0 aromatic rings. The summed E-state index contributed by atoms with van der Waals surface area (Å²) in [5.41, 5.74) is 5.50. The minimum atomic E-state index is 0.856. The zero-order chi connectivity index (χ0) is 11.2. The zero-order valence-electron chi connectivity index (χ0n) is 10.5. The van der Waals surface area contributed by atoms with Crippen molar-refractivity contribution in [2.24, 2.45) is 11.7 Å². The van der Waals surface area contributed by atoms with E-state index in [1.54, 1.807) is 0 Å². The molecule has 3 heteroatoms. The van der Waals surface area contributed by atoms with Crippen molar-refractivity contribution in [3.05, 3.63) is 0 Å². The molecule has 0 bridgehead atoms. The summed E-state index contributed by atoms with van der Waals surface area (Å²) >= 11 is 0. The predicted molar refractivity (Wildman–Crippen MR) is 68.5 cm³/mol. The molecule has 3 nitrogen and oxygen atoms in total. The first-order chi connectivity index (χ1) is 7.88. The Morgan fingerprint density at radius 2 is 1.56 bits per heavy atom. The third-order valence-corrected chi connectivity index (χ3v) is 3.86. The quantitative estimate of drug-likeness (QED) is 0.660. The molecule has 2 N–H and O–H groups in total. The maximum absolute atomic E-state index is 5.50. The Hall–Kier alpha value is -0.120. The van der Waals surface area contributed by atoms with Gasteiger partial charge in [-0.1, -0.05) is 6.42 Å². The van der Waals surface area contributed by atoms with E-state index >= 15 is 0 Å². The fourth-order valence-corrected chi connectivity index (χ4v) is 2.52. The molecular formula is C13H27N3. The van der Waals surface area contributed by atoms with E-state index in [1.165, 1.54) is 71.4 Å². The summed E-state index contributed by atoms with van der Waals surface area (Å²) in [6.07, 6.45) is 6.80. The molecular weight excluding hydrogens is 198 g/mol. The van der Waals surface area contributed by atoms with Gasteiger partial charge in [-0.3, -0.25) is 0 Å². The van der Waals surface area contributed by atoms with Gasteiger partial charge in [0, 0.05) is 32.7 Å². The van der Waals surface area contributed by atoms with Crippen LogP contribution in [0.25, 0.3) is 0 Å². The van der Waals surface area contributed by atoms with Gasteiger partial charge in [-0.05, 0) is 44.7 Å². The van der Waals surface area contributed by atoms with Crippen molar-refractivity contribution in [1.29, 1.82) is 0 Å². The second kappa shape index (κ2) is 6.58. The Morgan fingerprint density at radius 3 is 2.19 bits per heavy atom. The zero-order valence-corrected chi connectivity index (χ0v) is 10.5. The van der Waals surface area contributed by atoms with Gasteiger partial charge in [0.25, 0.3) is 0 Å². The number of rotatable bonds is 7. The van der Waals surface area contributed by atoms with Crippen molar-refractivity contribution in [2.75, 3.05) is 45.8 Å². The first-order valence-electron chi connectivity index (χ1n) is 7.03. The second-order valence-corrected chi connectivity index (χ2v) is 5.43. The van der Waals surface area contributed by atoms with Crippen LogP contribution < -0.4 is 5.73 Å². The van der Waals surface area contributed by atoms with Gasteiger partial charge in [0.15, 0.2) is 0 Å². The van der Waals surface area contributed by atoms with Crippen LogP contribution in [0.4, 0.5) is 0 Å². The van der Waals surface area contributed by atoms with Gasteiger partial charge < -0.3 is 15.5 Å². The molecule has 16 heavy (non-hydrogen) atoms. The van der Waals surface area contributed by atoms with Crippen molar-refractivity contribution in [1.82, 2.24) is 9.80 Å². The Kier molecular flexibility index (Phi) is 5.07. The molecule has 1 heterocycles. The van der Waals surface area contributed by atoms with E-state index in [0.29, 0.717) is 0 Å². The lowest BCUT2D eigenvalue weighted by molar-refractivity contribution is 0.127. The number of nitrogens with zero attached hydrogens (tertiary/aromatic N) is 2. The van der Waals surface area contributed by atoms with Gasteiger partial charge in [-0.2, -0.15) is 0 Å². The SMILES string of the molecule is NCCCCCN1CCN(CC2CC2)CC1. The smallest absolute Gasteiger partial charge is 0.0110 e. The number of piperazine rings is 1. The standard InChI is InChI=1S/C13H27N3/c14-6-2-1-3-7-15-8-10-16(11-9-15)12-13-4-5-13/h13H,1-12,14H2. The van der Waals surface area contributed by atoms with Crippen LogP contribution in [0.3, 0.4) is 0 Å². The lowest BCUT2D eigenvalue weighted by atomic mass is 10.2. The van der Waals surface area contributed by atoms with Crippen LogP contribution in [0.2, 0.25) is 0 Å². The second-order valence-electron chi connectivity index (χ2n) is 5.43. The number of hydrogen-bond acceptors (Lipinski definition) is 3. The summed E-state index contributed by atoms with van der Waals surface area (Å²) in [6, 6.07) is 0. The fourth-order valence-electron chi connectivity index (χ4n) is 2.52. The van der Waals surface area contributed by atoms with Crippen LogP contribution in [0, 0.1) is 5.92 Å². The van der Waals surface area contributed by atoms with E-state index in [4.69, 9.17) is 5.73 Å². The Morgan fingerprint density at radius 1 is 0.875 bits per heavy atom. The highest BCUT2D eigenvalue weighted by atomic mass is 15.3. The summed E-state index contributed by atoms with van der Waals surface area (Å²) < 4.78 is 0. The molecule has 2 rings (SSSR count). The third kappa shape index (κ3) is 4.40. The van der Waals surface area contributed by atoms with Crippen LogP contribution in [0.15, 0.2) is 0 Å². The van der Waals surface area contributed by atoms with E-state index < -0.39 is 0 Å². The molecule has 94 valence electrons. The highest BCUT2D eigenvalue weighted by Crippen LogP contribution is 2.29. The van der Waals surface area contributed by atoms with Gasteiger partial charge in [0.1, 0.15) is 0 Å². The topological polar surface area (TPSA) is 32.5 Å². The van der Waals surface area contributed by atoms with Gasteiger partial charge in [0.2, 0.25) is 0 Å². The first kappa shape index (κ1) is 12.3. The van der Waals surface area contributed by atoms with Crippen LogP contribution in [-0.2, 0) is 0 Å². The predicted octanol–water partition coefficient (Wildman–Crippen LogP) is 1.14. The van der Waals surface area contributed by atoms with Gasteiger partial charge >= 0.3 is 0 Å². The van der Waals surface area contributed by atoms with E-state index in [0.717, 1.165) is 12.5 Å². The molecule has 2 fully saturated rings. The first-order valence-corrected chi connectivity index (χ1v) is 7.03. The average molecular weight is 225 g/mol. The van der Waals surface area contributed by atoms with Crippen LogP contribution in [0.1, 0.15) is 32.1 Å². The molecule has 1 saturated carbocycles. The molecule has 0 aromatic heterocycles. The van der Waals surface area contributed by atoms with Gasteiger partial charge in [-0.25, -0.2) is 0 Å². The largest absolute Gasteiger partial charge is 0.330 e. The summed E-state index contributed by atoms with van der Waals surface area (Å²) in [4.78, 5) is 5.29. The molecule has 0 aromatic carbocycles. The lowest BCUT2D eigenvalue weighted by Gasteiger charge is -2.34. The van der Waals surface area contributed by atoms with E-state index in [-0.39, 0.29) is 0 Å². The van der Waals surface area contributed by atoms with Crippen molar-refractivity contribution >= 4 is 0 Å². The third-order valence-electron chi connectivity index (χ3n) is 3.86. The number of hydrogen-bond donors (Lipinski definition) is 1. The minimum absolute atomic E-state index is 0.856. The summed E-state index contributed by atoms with van der Waals surface area (Å²) in [6.45, 7) is 8.69. The Bertz CT molecular complexity index is 184. The molecule has 1 aliphatic carbocycles. The Labute approximate surface area is 100.0 Å². The van der Waals surface area contributed by atoms with Crippen LogP contribution in [0.5, 0.6) is 0 Å².